The summed E-state index contributed by atoms with van der Waals surface area (Å²) in [7, 11) is 2.91. The van der Waals surface area contributed by atoms with Gasteiger partial charge in [-0.2, -0.15) is 13.2 Å². The van der Waals surface area contributed by atoms with Gasteiger partial charge < -0.3 is 9.84 Å². The molecule has 208 valence electrons. The smallest absolute Gasteiger partial charge is 0.475 e. The average Bonchev–Trinajstić information content (AvgIpc) is 3.50. The number of nitrogens with zero attached hydrogens (tertiary/aromatic N) is 2. The number of alkyl halides is 3. The van der Waals surface area contributed by atoms with E-state index < -0.39 is 29.5 Å². The van der Waals surface area contributed by atoms with Crippen LogP contribution in [0.4, 0.5) is 13.2 Å². The Labute approximate surface area is 222 Å². The predicted molar refractivity (Wildman–Crippen MR) is 131 cm³/mol. The van der Waals surface area contributed by atoms with Gasteiger partial charge in [-0.3, -0.25) is 24.2 Å². The second-order valence-electron chi connectivity index (χ2n) is 10.1. The Bertz CT molecular complexity index is 1090. The molecule has 3 aliphatic heterocycles. The molecule has 0 radical (unpaired) electrons. The number of imide groups is 1. The van der Waals surface area contributed by atoms with Gasteiger partial charge in [-0.1, -0.05) is 31.4 Å². The van der Waals surface area contributed by atoms with Crippen molar-refractivity contribution >= 4 is 35.5 Å². The van der Waals surface area contributed by atoms with Gasteiger partial charge in [-0.15, -0.1) is 11.8 Å². The van der Waals surface area contributed by atoms with E-state index in [9.17, 15) is 27.6 Å². The molecule has 3 heterocycles. The van der Waals surface area contributed by atoms with E-state index in [1.807, 2.05) is 11.8 Å². The second kappa shape index (κ2) is 10.9. The molecule has 0 spiro atoms. The average molecular weight is 557 g/mol. The minimum atomic E-state index is -5.08. The Kier molecular flexibility index (Phi) is 8.13. The summed E-state index contributed by atoms with van der Waals surface area (Å²) in [6.07, 6.45) is 2.81. The first kappa shape index (κ1) is 28.4. The number of thioether (sulfide) groups is 1. The fraction of sp³-hybridized carbons (Fsp3) is 0.615. The van der Waals surface area contributed by atoms with Crippen LogP contribution in [-0.4, -0.2) is 76.3 Å². The summed E-state index contributed by atoms with van der Waals surface area (Å²) < 4.78 is 36.9. The molecule has 1 N–H and O–H groups in total. The van der Waals surface area contributed by atoms with E-state index in [4.69, 9.17) is 14.6 Å². The van der Waals surface area contributed by atoms with Gasteiger partial charge in [0.1, 0.15) is 5.54 Å². The molecule has 1 saturated carbocycles. The first-order chi connectivity index (χ1) is 17.9. The lowest BCUT2D eigenvalue weighted by Gasteiger charge is -2.35. The Morgan fingerprint density at radius 2 is 1.66 bits per heavy atom. The Morgan fingerprint density at radius 3 is 2.21 bits per heavy atom. The van der Waals surface area contributed by atoms with Crippen LogP contribution in [0.25, 0.3) is 0 Å². The van der Waals surface area contributed by atoms with Crippen molar-refractivity contribution in [2.75, 3.05) is 20.7 Å². The molecule has 2 amide bonds. The molecule has 1 aromatic rings. The Balaban J connectivity index is 0.000000426. The number of likely N-dealkylation sites (tertiary alicyclic amines) is 1. The molecule has 4 aliphatic rings. The molecule has 1 aromatic carbocycles. The summed E-state index contributed by atoms with van der Waals surface area (Å²) in [5.74, 6) is -4.77. The maximum atomic E-state index is 13.1. The zero-order valence-electron chi connectivity index (χ0n) is 21.2. The van der Waals surface area contributed by atoms with Gasteiger partial charge in [0.25, 0.3) is 0 Å². The van der Waals surface area contributed by atoms with Gasteiger partial charge >= 0.3 is 18.1 Å². The van der Waals surface area contributed by atoms with E-state index in [1.54, 1.807) is 0 Å². The molecule has 0 aromatic heterocycles. The number of hydrogen-bond donors (Lipinski definition) is 1. The number of carboxylic acids is 1. The highest BCUT2D eigenvalue weighted by Gasteiger charge is 2.72. The number of benzene rings is 1. The maximum absolute atomic E-state index is 13.1. The number of carboxylic acid groups (broad SMARTS) is 1. The molecule has 12 heteroatoms. The molecular weight excluding hydrogens is 525 g/mol. The van der Waals surface area contributed by atoms with E-state index in [0.29, 0.717) is 18.2 Å². The van der Waals surface area contributed by atoms with Crippen molar-refractivity contribution in [3.05, 3.63) is 29.8 Å². The summed E-state index contributed by atoms with van der Waals surface area (Å²) in [6, 6.07) is 8.19. The molecule has 0 bridgehead atoms. The summed E-state index contributed by atoms with van der Waals surface area (Å²) in [5, 5.41) is 7.81. The van der Waals surface area contributed by atoms with E-state index in [0.717, 1.165) is 12.0 Å². The number of halogens is 3. The van der Waals surface area contributed by atoms with Gasteiger partial charge in [-0.05, 0) is 49.9 Å². The number of methoxy groups -OCH3 is 1. The highest BCUT2D eigenvalue weighted by Crippen LogP contribution is 2.59. The van der Waals surface area contributed by atoms with Crippen molar-refractivity contribution in [1.82, 2.24) is 9.80 Å². The summed E-state index contributed by atoms with van der Waals surface area (Å²) in [4.78, 5) is 52.7. The third-order valence-electron chi connectivity index (χ3n) is 8.09. The molecular formula is C26H31F3N2O6S. The third-order valence-corrected chi connectivity index (χ3v) is 9.44. The van der Waals surface area contributed by atoms with Crippen molar-refractivity contribution in [2.45, 2.75) is 72.8 Å². The number of rotatable bonds is 4. The molecule has 3 unspecified atom stereocenters. The third kappa shape index (κ3) is 4.92. The van der Waals surface area contributed by atoms with E-state index >= 15 is 0 Å². The SMILES string of the molecule is COC(=O)[C@@]12CCCN1C(c1ccc(SC3CCCCC3)cc1)C1C(=O)N(C)C(=O)C12.O=C(O)C(F)(F)F. The first-order valence-corrected chi connectivity index (χ1v) is 13.5. The molecule has 38 heavy (non-hydrogen) atoms. The number of amides is 2. The minimum Gasteiger partial charge on any atom is -0.475 e. The summed E-state index contributed by atoms with van der Waals surface area (Å²) >= 11 is 1.95. The van der Waals surface area contributed by atoms with Gasteiger partial charge in [-0.25, -0.2) is 4.79 Å². The highest BCUT2D eigenvalue weighted by molar-refractivity contribution is 8.00. The van der Waals surface area contributed by atoms with E-state index in [2.05, 4.69) is 29.2 Å². The van der Waals surface area contributed by atoms with Gasteiger partial charge in [0.2, 0.25) is 11.8 Å². The number of aliphatic carboxylic acids is 1. The highest BCUT2D eigenvalue weighted by atomic mass is 32.2. The first-order valence-electron chi connectivity index (χ1n) is 12.7. The number of hydrogen-bond acceptors (Lipinski definition) is 7. The van der Waals surface area contributed by atoms with E-state index in [-0.39, 0.29) is 23.8 Å². The normalized spacial score (nSPS) is 29.5. The van der Waals surface area contributed by atoms with Crippen LogP contribution in [0.2, 0.25) is 0 Å². The molecule has 5 rings (SSSR count). The lowest BCUT2D eigenvalue weighted by Crippen LogP contribution is -2.54. The fourth-order valence-electron chi connectivity index (χ4n) is 6.46. The van der Waals surface area contributed by atoms with Crippen molar-refractivity contribution in [2.24, 2.45) is 11.8 Å². The van der Waals surface area contributed by atoms with Crippen LogP contribution in [-0.2, 0) is 23.9 Å². The lowest BCUT2D eigenvalue weighted by atomic mass is 9.77. The van der Waals surface area contributed by atoms with Crippen LogP contribution in [0.15, 0.2) is 29.2 Å². The van der Waals surface area contributed by atoms with Crippen molar-refractivity contribution < 1.29 is 42.2 Å². The fourth-order valence-corrected chi connectivity index (χ4v) is 7.71. The van der Waals surface area contributed by atoms with E-state index in [1.165, 1.54) is 56.1 Å². The summed E-state index contributed by atoms with van der Waals surface area (Å²) in [5.41, 5.74) is -0.0241. The number of fused-ring (bicyclic) bond motifs is 3. The van der Waals surface area contributed by atoms with Gasteiger partial charge in [0.15, 0.2) is 0 Å². The molecule has 3 saturated heterocycles. The number of carbonyl (C=O) groups is 4. The minimum absolute atomic E-state index is 0.182. The molecule has 8 nitrogen and oxygen atoms in total. The molecule has 1 aliphatic carbocycles. The standard InChI is InChI=1S/C24H30N2O4S.C2HF3O2/c1-25-21(27)18-19(22(25)28)24(23(29)30-2)13-6-14-26(24)20(18)15-9-11-17(12-10-15)31-16-7-4-3-5-8-16;3-2(4,5)1(6)7/h9-12,16,18-20H,3-8,13-14H2,1-2H3;(H,6,7)/t18?,19?,20?,24-;/m0./s1. The van der Waals surface area contributed by atoms with Gasteiger partial charge in [0.05, 0.1) is 18.9 Å². The number of carbonyl (C=O) groups excluding carboxylic acids is 3. The molecule has 4 fully saturated rings. The van der Waals surface area contributed by atoms with Crippen LogP contribution in [0, 0.1) is 11.8 Å². The number of esters is 1. The monoisotopic (exact) mass is 556 g/mol. The van der Waals surface area contributed by atoms with Crippen molar-refractivity contribution in [3.63, 3.8) is 0 Å². The van der Waals surface area contributed by atoms with Crippen LogP contribution in [0.5, 0.6) is 0 Å². The van der Waals surface area contributed by atoms with Crippen molar-refractivity contribution in [1.29, 1.82) is 0 Å². The largest absolute Gasteiger partial charge is 0.490 e. The van der Waals surface area contributed by atoms with Crippen molar-refractivity contribution in [3.8, 4) is 0 Å². The zero-order valence-corrected chi connectivity index (χ0v) is 22.0. The van der Waals surface area contributed by atoms with Crippen LogP contribution in [0.1, 0.15) is 56.6 Å². The Morgan fingerprint density at radius 1 is 1.05 bits per heavy atom. The summed E-state index contributed by atoms with van der Waals surface area (Å²) in [6.45, 7) is 0.690. The second-order valence-corrected chi connectivity index (χ2v) is 11.5. The van der Waals surface area contributed by atoms with Gasteiger partial charge in [0, 0.05) is 23.2 Å². The van der Waals surface area contributed by atoms with Crippen LogP contribution < -0.4 is 0 Å². The lowest BCUT2D eigenvalue weighted by molar-refractivity contribution is -0.192. The zero-order chi connectivity index (χ0) is 27.8. The van der Waals surface area contributed by atoms with Crippen LogP contribution >= 0.6 is 11.8 Å². The topological polar surface area (TPSA) is 104 Å². The number of ether oxygens (including phenoxy) is 1. The maximum Gasteiger partial charge on any atom is 0.490 e. The Hall–Kier alpha value is -2.60. The molecule has 4 atom stereocenters. The van der Waals surface area contributed by atoms with Crippen LogP contribution in [0.3, 0.4) is 0 Å². The quantitative estimate of drug-likeness (QED) is 0.438. The predicted octanol–water partition coefficient (Wildman–Crippen LogP) is 4.04.